The predicted molar refractivity (Wildman–Crippen MR) is 71.1 cm³/mol. The number of carboxylic acids is 1. The van der Waals surface area contributed by atoms with E-state index < -0.39 is 18.2 Å². The van der Waals surface area contributed by atoms with E-state index in [4.69, 9.17) is 14.6 Å². The molecule has 3 atom stereocenters. The number of ether oxygens (including phenoxy) is 2. The van der Waals surface area contributed by atoms with Crippen LogP contribution in [0.1, 0.15) is 31.2 Å². The van der Waals surface area contributed by atoms with Crippen molar-refractivity contribution in [1.29, 1.82) is 0 Å². The average Bonchev–Trinajstić information content (AvgIpc) is 2.85. The van der Waals surface area contributed by atoms with Crippen molar-refractivity contribution in [2.45, 2.75) is 50.4 Å². The highest BCUT2D eigenvalue weighted by molar-refractivity contribution is 5.74. The molecule has 0 saturated heterocycles. The Morgan fingerprint density at radius 1 is 1.30 bits per heavy atom. The van der Waals surface area contributed by atoms with Crippen LogP contribution in [0.2, 0.25) is 0 Å². The summed E-state index contributed by atoms with van der Waals surface area (Å²) in [6, 6.07) is 5.37. The lowest BCUT2D eigenvalue weighted by Gasteiger charge is -2.28. The molecule has 108 valence electrons. The van der Waals surface area contributed by atoms with Crippen LogP contribution in [-0.2, 0) is 11.2 Å². The summed E-state index contributed by atoms with van der Waals surface area (Å²) in [6.07, 6.45) is 2.68. The first-order valence-corrected chi connectivity index (χ1v) is 7.00. The third-order valence-electron chi connectivity index (χ3n) is 3.94. The Labute approximate surface area is 117 Å². The molecule has 20 heavy (non-hydrogen) atoms. The Bertz CT molecular complexity index is 513. The van der Waals surface area contributed by atoms with Crippen LogP contribution in [0.15, 0.2) is 18.2 Å². The molecule has 2 aliphatic rings. The molecule has 0 bridgehead atoms. The van der Waals surface area contributed by atoms with E-state index in [1.54, 1.807) is 6.07 Å². The van der Waals surface area contributed by atoms with E-state index in [1.807, 2.05) is 12.1 Å². The first-order chi connectivity index (χ1) is 9.63. The number of aliphatic hydroxyl groups excluding tert-OH is 1. The SMILES string of the molecule is O=C(O)C1Cc2ccc(OC3CCCCC3O)cc2O1. The standard InChI is InChI=1S/C15H18O5/c16-11-3-1-2-4-12(11)19-10-6-5-9-7-14(15(17)18)20-13(9)8-10/h5-6,8,11-12,14,16H,1-4,7H2,(H,17,18). The lowest BCUT2D eigenvalue weighted by molar-refractivity contribution is -0.144. The quantitative estimate of drug-likeness (QED) is 0.881. The van der Waals surface area contributed by atoms with Crippen LogP contribution in [0.4, 0.5) is 0 Å². The third kappa shape index (κ3) is 2.58. The third-order valence-corrected chi connectivity index (χ3v) is 3.94. The van der Waals surface area contributed by atoms with Crippen LogP contribution in [0.25, 0.3) is 0 Å². The minimum Gasteiger partial charge on any atom is -0.488 e. The van der Waals surface area contributed by atoms with Gasteiger partial charge in [-0.15, -0.1) is 0 Å². The molecular formula is C15H18O5. The Balaban J connectivity index is 1.71. The van der Waals surface area contributed by atoms with Crippen molar-refractivity contribution in [3.63, 3.8) is 0 Å². The van der Waals surface area contributed by atoms with Crippen molar-refractivity contribution in [3.05, 3.63) is 23.8 Å². The van der Waals surface area contributed by atoms with Crippen LogP contribution >= 0.6 is 0 Å². The number of benzene rings is 1. The maximum atomic E-state index is 10.9. The monoisotopic (exact) mass is 278 g/mol. The van der Waals surface area contributed by atoms with Crippen LogP contribution in [0.3, 0.4) is 0 Å². The minimum absolute atomic E-state index is 0.182. The van der Waals surface area contributed by atoms with Gasteiger partial charge in [0, 0.05) is 12.5 Å². The Morgan fingerprint density at radius 2 is 2.10 bits per heavy atom. The summed E-state index contributed by atoms with van der Waals surface area (Å²) in [5.41, 5.74) is 0.883. The zero-order valence-electron chi connectivity index (χ0n) is 11.1. The minimum atomic E-state index is -0.952. The summed E-state index contributed by atoms with van der Waals surface area (Å²) < 4.78 is 11.2. The van der Waals surface area contributed by atoms with Gasteiger partial charge in [0.1, 0.15) is 17.6 Å². The highest BCUT2D eigenvalue weighted by Gasteiger charge is 2.30. The van der Waals surface area contributed by atoms with Crippen molar-refractivity contribution in [3.8, 4) is 11.5 Å². The molecule has 1 aliphatic heterocycles. The van der Waals surface area contributed by atoms with E-state index in [0.29, 0.717) is 17.9 Å². The number of rotatable bonds is 3. The van der Waals surface area contributed by atoms with E-state index in [2.05, 4.69) is 0 Å². The van der Waals surface area contributed by atoms with Gasteiger partial charge in [-0.2, -0.15) is 0 Å². The smallest absolute Gasteiger partial charge is 0.345 e. The van der Waals surface area contributed by atoms with Crippen molar-refractivity contribution in [2.75, 3.05) is 0 Å². The molecule has 1 aromatic rings. The molecule has 1 heterocycles. The number of hydrogen-bond donors (Lipinski definition) is 2. The number of aliphatic carboxylic acids is 1. The molecular weight excluding hydrogens is 260 g/mol. The van der Waals surface area contributed by atoms with Crippen molar-refractivity contribution >= 4 is 5.97 Å². The van der Waals surface area contributed by atoms with Crippen LogP contribution in [0, 0.1) is 0 Å². The average molecular weight is 278 g/mol. The van der Waals surface area contributed by atoms with E-state index in [1.165, 1.54) is 0 Å². The summed E-state index contributed by atoms with van der Waals surface area (Å²) in [7, 11) is 0. The number of hydrogen-bond acceptors (Lipinski definition) is 4. The predicted octanol–water partition coefficient (Wildman–Crippen LogP) is 1.76. The van der Waals surface area contributed by atoms with E-state index in [9.17, 15) is 9.90 Å². The van der Waals surface area contributed by atoms with Gasteiger partial charge < -0.3 is 19.7 Å². The first kappa shape index (κ1) is 13.2. The maximum absolute atomic E-state index is 10.9. The largest absolute Gasteiger partial charge is 0.488 e. The molecule has 1 aromatic carbocycles. The fourth-order valence-corrected chi connectivity index (χ4v) is 2.81. The van der Waals surface area contributed by atoms with Gasteiger partial charge in [0.2, 0.25) is 0 Å². The van der Waals surface area contributed by atoms with Gasteiger partial charge in [-0.05, 0) is 30.9 Å². The zero-order valence-corrected chi connectivity index (χ0v) is 11.1. The van der Waals surface area contributed by atoms with E-state index in [0.717, 1.165) is 31.2 Å². The topological polar surface area (TPSA) is 76.0 Å². The number of carbonyl (C=O) groups is 1. The second-order valence-electron chi connectivity index (χ2n) is 5.43. The molecule has 5 nitrogen and oxygen atoms in total. The van der Waals surface area contributed by atoms with Crippen molar-refractivity contribution in [1.82, 2.24) is 0 Å². The molecule has 1 fully saturated rings. The van der Waals surface area contributed by atoms with Gasteiger partial charge in [-0.1, -0.05) is 12.5 Å². The lowest BCUT2D eigenvalue weighted by atomic mass is 9.95. The summed E-state index contributed by atoms with van der Waals surface area (Å²) in [4.78, 5) is 10.9. The normalized spacial score (nSPS) is 28.6. The molecule has 5 heteroatoms. The number of carboxylic acid groups (broad SMARTS) is 1. The maximum Gasteiger partial charge on any atom is 0.345 e. The zero-order chi connectivity index (χ0) is 14.1. The van der Waals surface area contributed by atoms with Crippen LogP contribution < -0.4 is 9.47 Å². The van der Waals surface area contributed by atoms with Crippen LogP contribution in [0.5, 0.6) is 11.5 Å². The van der Waals surface area contributed by atoms with Gasteiger partial charge in [-0.25, -0.2) is 4.79 Å². The van der Waals surface area contributed by atoms with Gasteiger partial charge in [-0.3, -0.25) is 0 Å². The van der Waals surface area contributed by atoms with Gasteiger partial charge in [0.15, 0.2) is 6.10 Å². The highest BCUT2D eigenvalue weighted by atomic mass is 16.5. The van der Waals surface area contributed by atoms with Crippen molar-refractivity contribution in [2.24, 2.45) is 0 Å². The Morgan fingerprint density at radius 3 is 2.85 bits per heavy atom. The fourth-order valence-electron chi connectivity index (χ4n) is 2.81. The molecule has 0 spiro atoms. The van der Waals surface area contributed by atoms with E-state index in [-0.39, 0.29) is 6.10 Å². The molecule has 2 N–H and O–H groups in total. The summed E-state index contributed by atoms with van der Waals surface area (Å²) in [6.45, 7) is 0. The number of fused-ring (bicyclic) bond motifs is 1. The lowest BCUT2D eigenvalue weighted by Crippen LogP contribution is -2.34. The van der Waals surface area contributed by atoms with E-state index >= 15 is 0 Å². The molecule has 3 rings (SSSR count). The van der Waals surface area contributed by atoms with Gasteiger partial charge in [0.05, 0.1) is 6.10 Å². The highest BCUT2D eigenvalue weighted by Crippen LogP contribution is 2.34. The molecule has 0 aromatic heterocycles. The first-order valence-electron chi connectivity index (χ1n) is 7.00. The van der Waals surface area contributed by atoms with Crippen LogP contribution in [-0.4, -0.2) is 34.5 Å². The Kier molecular flexibility index (Phi) is 3.53. The molecule has 3 unspecified atom stereocenters. The molecule has 1 aliphatic carbocycles. The second kappa shape index (κ2) is 5.32. The fraction of sp³-hybridized carbons (Fsp3) is 0.533. The Hall–Kier alpha value is -1.75. The van der Waals surface area contributed by atoms with Gasteiger partial charge >= 0.3 is 5.97 Å². The molecule has 0 amide bonds. The summed E-state index contributed by atoms with van der Waals surface area (Å²) in [5, 5.41) is 18.9. The molecule has 0 radical (unpaired) electrons. The van der Waals surface area contributed by atoms with Gasteiger partial charge in [0.25, 0.3) is 0 Å². The summed E-state index contributed by atoms with van der Waals surface area (Å²) in [5.74, 6) is 0.243. The number of aliphatic hydroxyl groups is 1. The summed E-state index contributed by atoms with van der Waals surface area (Å²) >= 11 is 0. The molecule has 1 saturated carbocycles. The van der Waals surface area contributed by atoms with Crippen molar-refractivity contribution < 1.29 is 24.5 Å². The second-order valence-corrected chi connectivity index (χ2v) is 5.43.